The lowest BCUT2D eigenvalue weighted by Crippen LogP contribution is -2.39. The Morgan fingerprint density at radius 2 is 1.90 bits per heavy atom. The number of hydrogen-bond acceptors (Lipinski definition) is 2. The van der Waals surface area contributed by atoms with Gasteiger partial charge < -0.3 is 10.2 Å². The lowest BCUT2D eigenvalue weighted by atomic mass is 9.87. The molecule has 1 N–H and O–H groups in total. The van der Waals surface area contributed by atoms with Gasteiger partial charge in [0, 0.05) is 32.1 Å². The topological polar surface area (TPSA) is 32.3 Å². The van der Waals surface area contributed by atoms with Crippen molar-refractivity contribution in [3.05, 3.63) is 35.4 Å². The Morgan fingerprint density at radius 3 is 2.43 bits per heavy atom. The predicted molar refractivity (Wildman–Crippen MR) is 87.3 cm³/mol. The molecule has 1 amide bonds. The van der Waals surface area contributed by atoms with Crippen LogP contribution in [0, 0.1) is 0 Å². The van der Waals surface area contributed by atoms with Crippen LogP contribution in [0.15, 0.2) is 24.3 Å². The molecule has 1 fully saturated rings. The molecule has 1 aliphatic rings. The maximum atomic E-state index is 11.6. The Bertz CT molecular complexity index is 473. The molecule has 0 saturated carbocycles. The second kappa shape index (κ2) is 6.61. The van der Waals surface area contributed by atoms with Gasteiger partial charge in [-0.15, -0.1) is 0 Å². The molecule has 1 aromatic carbocycles. The summed E-state index contributed by atoms with van der Waals surface area (Å²) in [7, 11) is 0. The zero-order valence-corrected chi connectivity index (χ0v) is 13.8. The van der Waals surface area contributed by atoms with Crippen LogP contribution in [0.4, 0.5) is 0 Å². The molecule has 116 valence electrons. The van der Waals surface area contributed by atoms with Crippen molar-refractivity contribution in [2.45, 2.75) is 58.5 Å². The summed E-state index contributed by atoms with van der Waals surface area (Å²) in [5.41, 5.74) is 2.86. The summed E-state index contributed by atoms with van der Waals surface area (Å²) in [5.74, 6) is 0.304. The Balaban J connectivity index is 1.81. The predicted octanol–water partition coefficient (Wildman–Crippen LogP) is 3.08. The molecule has 0 spiro atoms. The summed E-state index contributed by atoms with van der Waals surface area (Å²) in [4.78, 5) is 13.6. The van der Waals surface area contributed by atoms with Gasteiger partial charge in [0.05, 0.1) is 0 Å². The minimum Gasteiger partial charge on any atom is -0.341 e. The number of likely N-dealkylation sites (tertiary alicyclic amines) is 1. The number of hydrogen-bond donors (Lipinski definition) is 1. The van der Waals surface area contributed by atoms with E-state index in [1.165, 1.54) is 11.1 Å². The maximum absolute atomic E-state index is 11.6. The number of benzene rings is 1. The summed E-state index contributed by atoms with van der Waals surface area (Å²) in [6.07, 6.45) is 1.74. The molecule has 3 heteroatoms. The van der Waals surface area contributed by atoms with E-state index < -0.39 is 0 Å². The molecule has 21 heavy (non-hydrogen) atoms. The Labute approximate surface area is 128 Å². The average molecular weight is 288 g/mol. The fraction of sp³-hybridized carbons (Fsp3) is 0.611. The Kier molecular flexibility index (Phi) is 5.04. The third-order valence-electron chi connectivity index (χ3n) is 4.14. The second-order valence-electron chi connectivity index (χ2n) is 7.17. The molecule has 3 nitrogen and oxygen atoms in total. The van der Waals surface area contributed by atoms with E-state index in [2.05, 4.69) is 57.3 Å². The molecule has 1 unspecified atom stereocenters. The van der Waals surface area contributed by atoms with Crippen molar-refractivity contribution in [3.63, 3.8) is 0 Å². The lowest BCUT2D eigenvalue weighted by Gasteiger charge is -2.22. The van der Waals surface area contributed by atoms with Gasteiger partial charge in [0.1, 0.15) is 0 Å². The van der Waals surface area contributed by atoms with Gasteiger partial charge in [-0.2, -0.15) is 0 Å². The highest BCUT2D eigenvalue weighted by Gasteiger charge is 2.21. The van der Waals surface area contributed by atoms with Gasteiger partial charge in [-0.05, 0) is 29.9 Å². The zero-order valence-electron chi connectivity index (χ0n) is 13.8. The molecule has 1 saturated heterocycles. The average Bonchev–Trinajstić information content (AvgIpc) is 2.81. The van der Waals surface area contributed by atoms with Gasteiger partial charge in [-0.3, -0.25) is 4.79 Å². The van der Waals surface area contributed by atoms with E-state index >= 15 is 0 Å². The minimum absolute atomic E-state index is 0.204. The summed E-state index contributed by atoms with van der Waals surface area (Å²) >= 11 is 0. The first kappa shape index (κ1) is 16.0. The van der Waals surface area contributed by atoms with Crippen LogP contribution in [0.3, 0.4) is 0 Å². The smallest absolute Gasteiger partial charge is 0.222 e. The maximum Gasteiger partial charge on any atom is 0.222 e. The van der Waals surface area contributed by atoms with Crippen LogP contribution < -0.4 is 5.32 Å². The fourth-order valence-corrected chi connectivity index (χ4v) is 2.71. The highest BCUT2D eigenvalue weighted by Crippen LogP contribution is 2.22. The number of nitrogens with one attached hydrogen (secondary N) is 1. The normalized spacial score (nSPS) is 17.3. The van der Waals surface area contributed by atoms with E-state index in [0.717, 1.165) is 32.5 Å². The first-order chi connectivity index (χ1) is 9.86. The van der Waals surface area contributed by atoms with Crippen molar-refractivity contribution >= 4 is 5.91 Å². The molecule has 2 rings (SSSR count). The fourth-order valence-electron chi connectivity index (χ4n) is 2.71. The molecular formula is C18H28N2O. The number of carbonyl (C=O) groups is 1. The number of nitrogens with zero attached hydrogens (tertiary/aromatic N) is 1. The molecule has 1 atom stereocenters. The molecule has 1 aliphatic heterocycles. The largest absolute Gasteiger partial charge is 0.341 e. The first-order valence-corrected chi connectivity index (χ1v) is 7.97. The molecule has 1 heterocycles. The van der Waals surface area contributed by atoms with Crippen LogP contribution in [0.1, 0.15) is 51.7 Å². The minimum atomic E-state index is 0.204. The van der Waals surface area contributed by atoms with Crippen molar-refractivity contribution in [1.82, 2.24) is 10.2 Å². The van der Waals surface area contributed by atoms with E-state index in [0.29, 0.717) is 11.9 Å². The van der Waals surface area contributed by atoms with Gasteiger partial charge in [0.15, 0.2) is 0 Å². The van der Waals surface area contributed by atoms with E-state index in [9.17, 15) is 4.79 Å². The SMILES string of the molecule is CC(CN1CCCC1=O)NCc1ccc(C(C)(C)C)cc1. The third-order valence-corrected chi connectivity index (χ3v) is 4.14. The van der Waals surface area contributed by atoms with Crippen molar-refractivity contribution < 1.29 is 4.79 Å². The van der Waals surface area contributed by atoms with E-state index in [-0.39, 0.29) is 5.41 Å². The van der Waals surface area contributed by atoms with Crippen molar-refractivity contribution in [2.24, 2.45) is 0 Å². The quantitative estimate of drug-likeness (QED) is 0.903. The third kappa shape index (κ3) is 4.57. The second-order valence-corrected chi connectivity index (χ2v) is 7.17. The van der Waals surface area contributed by atoms with Gasteiger partial charge in [-0.1, -0.05) is 45.0 Å². The summed E-state index contributed by atoms with van der Waals surface area (Å²) < 4.78 is 0. The van der Waals surface area contributed by atoms with Crippen LogP contribution in [0.5, 0.6) is 0 Å². The van der Waals surface area contributed by atoms with Gasteiger partial charge in [0.2, 0.25) is 5.91 Å². The molecular weight excluding hydrogens is 260 g/mol. The van der Waals surface area contributed by atoms with E-state index in [4.69, 9.17) is 0 Å². The zero-order chi connectivity index (χ0) is 15.5. The Hall–Kier alpha value is -1.35. The number of amides is 1. The van der Waals surface area contributed by atoms with Crippen LogP contribution >= 0.6 is 0 Å². The Morgan fingerprint density at radius 1 is 1.24 bits per heavy atom. The van der Waals surface area contributed by atoms with E-state index in [1.807, 2.05) is 4.90 Å². The van der Waals surface area contributed by atoms with Crippen molar-refractivity contribution in [1.29, 1.82) is 0 Å². The van der Waals surface area contributed by atoms with Gasteiger partial charge >= 0.3 is 0 Å². The van der Waals surface area contributed by atoms with Crippen LogP contribution in [0.25, 0.3) is 0 Å². The van der Waals surface area contributed by atoms with Gasteiger partial charge in [-0.25, -0.2) is 0 Å². The van der Waals surface area contributed by atoms with Crippen LogP contribution in [0.2, 0.25) is 0 Å². The van der Waals surface area contributed by atoms with Crippen LogP contribution in [-0.2, 0) is 16.8 Å². The lowest BCUT2D eigenvalue weighted by molar-refractivity contribution is -0.127. The highest BCUT2D eigenvalue weighted by atomic mass is 16.2. The summed E-state index contributed by atoms with van der Waals surface area (Å²) in [6.45, 7) is 11.4. The first-order valence-electron chi connectivity index (χ1n) is 7.97. The van der Waals surface area contributed by atoms with Crippen molar-refractivity contribution in [2.75, 3.05) is 13.1 Å². The molecule has 0 radical (unpaired) electrons. The van der Waals surface area contributed by atoms with Gasteiger partial charge in [0.25, 0.3) is 0 Å². The number of carbonyl (C=O) groups excluding carboxylic acids is 1. The molecule has 0 aromatic heterocycles. The molecule has 0 aliphatic carbocycles. The van der Waals surface area contributed by atoms with Crippen molar-refractivity contribution in [3.8, 4) is 0 Å². The molecule has 0 bridgehead atoms. The van der Waals surface area contributed by atoms with E-state index in [1.54, 1.807) is 0 Å². The standard InChI is InChI=1S/C18H28N2O/c1-14(13-20-11-5-6-17(20)21)19-12-15-7-9-16(10-8-15)18(2,3)4/h7-10,14,19H,5-6,11-13H2,1-4H3. The number of rotatable bonds is 5. The summed E-state index contributed by atoms with van der Waals surface area (Å²) in [6, 6.07) is 9.15. The molecule has 1 aromatic rings. The van der Waals surface area contributed by atoms with Crippen LogP contribution in [-0.4, -0.2) is 29.9 Å². The summed E-state index contributed by atoms with van der Waals surface area (Å²) in [5, 5.41) is 3.51. The highest BCUT2D eigenvalue weighted by molar-refractivity contribution is 5.78. The monoisotopic (exact) mass is 288 g/mol.